The minimum absolute atomic E-state index is 0.0844. The van der Waals surface area contributed by atoms with E-state index in [-0.39, 0.29) is 18.9 Å². The summed E-state index contributed by atoms with van der Waals surface area (Å²) >= 11 is 0. The normalized spacial score (nSPS) is 10.1. The zero-order chi connectivity index (χ0) is 14.6. The molecule has 5 heteroatoms. The molecule has 0 aliphatic heterocycles. The van der Waals surface area contributed by atoms with Crippen LogP contribution in [0, 0.1) is 20.8 Å². The zero-order valence-corrected chi connectivity index (χ0v) is 11.7. The number of rotatable bonds is 5. The van der Waals surface area contributed by atoms with Crippen molar-refractivity contribution in [2.75, 3.05) is 13.7 Å². The predicted octanol–water partition coefficient (Wildman–Crippen LogP) is 1.82. The van der Waals surface area contributed by atoms with E-state index in [4.69, 9.17) is 9.84 Å². The number of carbonyl (C=O) groups excluding carboxylic acids is 1. The number of carboxylic acid groups (broad SMARTS) is 1. The maximum Gasteiger partial charge on any atom is 0.305 e. The highest BCUT2D eigenvalue weighted by Gasteiger charge is 2.15. The van der Waals surface area contributed by atoms with Gasteiger partial charge in [0.2, 0.25) is 0 Å². The van der Waals surface area contributed by atoms with E-state index >= 15 is 0 Å². The highest BCUT2D eigenvalue weighted by Crippen LogP contribution is 2.28. The summed E-state index contributed by atoms with van der Waals surface area (Å²) in [6.45, 7) is 5.75. The van der Waals surface area contributed by atoms with Crippen molar-refractivity contribution in [2.24, 2.45) is 0 Å². The van der Waals surface area contributed by atoms with Crippen LogP contribution in [-0.2, 0) is 4.79 Å². The monoisotopic (exact) mass is 265 g/mol. The van der Waals surface area contributed by atoms with Gasteiger partial charge in [0.15, 0.2) is 0 Å². The SMILES string of the molecule is COc1c(C)cc(C(=O)NCCC(=O)O)c(C)c1C. The molecular formula is C14H19NO4. The fraction of sp³-hybridized carbons (Fsp3) is 0.429. The molecule has 0 spiro atoms. The number of ether oxygens (including phenoxy) is 1. The number of hydrogen-bond acceptors (Lipinski definition) is 3. The predicted molar refractivity (Wildman–Crippen MR) is 71.8 cm³/mol. The molecule has 0 heterocycles. The fourth-order valence-corrected chi connectivity index (χ4v) is 1.99. The van der Waals surface area contributed by atoms with E-state index < -0.39 is 5.97 Å². The number of aryl methyl sites for hydroxylation is 1. The van der Waals surface area contributed by atoms with E-state index in [1.54, 1.807) is 13.2 Å². The van der Waals surface area contributed by atoms with Crippen molar-refractivity contribution in [3.8, 4) is 5.75 Å². The molecular weight excluding hydrogens is 246 g/mol. The van der Waals surface area contributed by atoms with Crippen LogP contribution in [-0.4, -0.2) is 30.6 Å². The highest BCUT2D eigenvalue weighted by molar-refractivity contribution is 5.96. The smallest absolute Gasteiger partial charge is 0.305 e. The number of nitrogens with one attached hydrogen (secondary N) is 1. The van der Waals surface area contributed by atoms with E-state index in [1.807, 2.05) is 20.8 Å². The number of carboxylic acids is 1. The standard InChI is InChI=1S/C14H19NO4/c1-8-7-11(9(2)10(3)13(8)19-4)14(18)15-6-5-12(16)17/h7H,5-6H2,1-4H3,(H,15,18)(H,16,17). The molecule has 0 aliphatic carbocycles. The summed E-state index contributed by atoms with van der Waals surface area (Å²) < 4.78 is 5.29. The van der Waals surface area contributed by atoms with Crippen LogP contribution in [0.15, 0.2) is 6.07 Å². The Balaban J connectivity index is 2.95. The van der Waals surface area contributed by atoms with Crippen LogP contribution >= 0.6 is 0 Å². The van der Waals surface area contributed by atoms with Crippen LogP contribution in [0.1, 0.15) is 33.5 Å². The lowest BCUT2D eigenvalue weighted by molar-refractivity contribution is -0.136. The lowest BCUT2D eigenvalue weighted by atomic mass is 9.98. The van der Waals surface area contributed by atoms with E-state index in [9.17, 15) is 9.59 Å². The second-order valence-corrected chi connectivity index (χ2v) is 4.42. The van der Waals surface area contributed by atoms with E-state index in [2.05, 4.69) is 5.32 Å². The Morgan fingerprint density at radius 2 is 1.89 bits per heavy atom. The van der Waals surface area contributed by atoms with Gasteiger partial charge in [-0.15, -0.1) is 0 Å². The summed E-state index contributed by atoms with van der Waals surface area (Å²) in [6.07, 6.45) is -0.0844. The number of methoxy groups -OCH3 is 1. The Bertz CT molecular complexity index is 509. The molecule has 0 unspecified atom stereocenters. The first-order chi connectivity index (χ1) is 8.88. The molecule has 0 aromatic heterocycles. The summed E-state index contributed by atoms with van der Waals surface area (Å²) in [5, 5.41) is 11.1. The summed E-state index contributed by atoms with van der Waals surface area (Å²) in [4.78, 5) is 22.4. The molecule has 1 amide bonds. The second kappa shape index (κ2) is 6.22. The average molecular weight is 265 g/mol. The Labute approximate surface area is 112 Å². The van der Waals surface area contributed by atoms with Gasteiger partial charge >= 0.3 is 5.97 Å². The Kier molecular flexibility index (Phi) is 4.92. The molecule has 0 atom stereocenters. The minimum atomic E-state index is -0.931. The van der Waals surface area contributed by atoms with Crippen molar-refractivity contribution < 1.29 is 19.4 Å². The molecule has 1 rings (SSSR count). The van der Waals surface area contributed by atoms with Crippen LogP contribution in [0.5, 0.6) is 5.75 Å². The van der Waals surface area contributed by atoms with Gasteiger partial charge in [-0.25, -0.2) is 0 Å². The molecule has 104 valence electrons. The van der Waals surface area contributed by atoms with Crippen molar-refractivity contribution in [1.29, 1.82) is 0 Å². The Hall–Kier alpha value is -2.04. The summed E-state index contributed by atoms with van der Waals surface area (Å²) in [7, 11) is 1.60. The molecule has 5 nitrogen and oxygen atoms in total. The van der Waals surface area contributed by atoms with Crippen molar-refractivity contribution in [3.63, 3.8) is 0 Å². The second-order valence-electron chi connectivity index (χ2n) is 4.42. The first kappa shape index (κ1) is 15.0. The molecule has 0 fully saturated rings. The van der Waals surface area contributed by atoms with Gasteiger partial charge in [0.1, 0.15) is 5.75 Å². The third-order valence-corrected chi connectivity index (χ3v) is 3.10. The van der Waals surface area contributed by atoms with E-state index in [0.29, 0.717) is 5.56 Å². The Morgan fingerprint density at radius 1 is 1.26 bits per heavy atom. The number of benzene rings is 1. The first-order valence-electron chi connectivity index (χ1n) is 6.03. The third kappa shape index (κ3) is 3.47. The lowest BCUT2D eigenvalue weighted by Gasteiger charge is -2.15. The van der Waals surface area contributed by atoms with Crippen LogP contribution in [0.3, 0.4) is 0 Å². The lowest BCUT2D eigenvalue weighted by Crippen LogP contribution is -2.27. The zero-order valence-electron chi connectivity index (χ0n) is 11.7. The average Bonchev–Trinajstić information content (AvgIpc) is 2.33. The topological polar surface area (TPSA) is 75.6 Å². The molecule has 0 radical (unpaired) electrons. The van der Waals surface area contributed by atoms with E-state index in [1.165, 1.54) is 0 Å². The first-order valence-corrected chi connectivity index (χ1v) is 6.03. The molecule has 0 bridgehead atoms. The molecule has 1 aromatic rings. The highest BCUT2D eigenvalue weighted by atomic mass is 16.5. The maximum absolute atomic E-state index is 12.0. The third-order valence-electron chi connectivity index (χ3n) is 3.10. The summed E-state index contributed by atoms with van der Waals surface area (Å²) in [6, 6.07) is 1.76. The summed E-state index contributed by atoms with van der Waals surface area (Å²) in [5.74, 6) is -0.411. The Morgan fingerprint density at radius 3 is 2.42 bits per heavy atom. The van der Waals surface area contributed by atoms with Crippen molar-refractivity contribution in [2.45, 2.75) is 27.2 Å². The molecule has 1 aromatic carbocycles. The van der Waals surface area contributed by atoms with Crippen molar-refractivity contribution >= 4 is 11.9 Å². The maximum atomic E-state index is 12.0. The molecule has 2 N–H and O–H groups in total. The number of carbonyl (C=O) groups is 2. The van der Waals surface area contributed by atoms with Gasteiger partial charge in [-0.05, 0) is 43.5 Å². The largest absolute Gasteiger partial charge is 0.496 e. The quantitative estimate of drug-likeness (QED) is 0.851. The van der Waals surface area contributed by atoms with Gasteiger partial charge in [-0.3, -0.25) is 9.59 Å². The van der Waals surface area contributed by atoms with Crippen LogP contribution in [0.4, 0.5) is 0 Å². The van der Waals surface area contributed by atoms with Crippen molar-refractivity contribution in [1.82, 2.24) is 5.32 Å². The molecule has 19 heavy (non-hydrogen) atoms. The van der Waals surface area contributed by atoms with E-state index in [0.717, 1.165) is 22.4 Å². The van der Waals surface area contributed by atoms with Gasteiger partial charge in [0.05, 0.1) is 13.5 Å². The van der Waals surface area contributed by atoms with Gasteiger partial charge in [-0.1, -0.05) is 0 Å². The van der Waals surface area contributed by atoms with Gasteiger partial charge in [0.25, 0.3) is 5.91 Å². The number of hydrogen-bond donors (Lipinski definition) is 2. The van der Waals surface area contributed by atoms with Crippen LogP contribution < -0.4 is 10.1 Å². The van der Waals surface area contributed by atoms with Gasteiger partial charge in [-0.2, -0.15) is 0 Å². The fourth-order valence-electron chi connectivity index (χ4n) is 1.99. The minimum Gasteiger partial charge on any atom is -0.496 e. The number of amides is 1. The van der Waals surface area contributed by atoms with Crippen molar-refractivity contribution in [3.05, 3.63) is 28.3 Å². The van der Waals surface area contributed by atoms with Crippen LogP contribution in [0.25, 0.3) is 0 Å². The number of aliphatic carboxylic acids is 1. The summed E-state index contributed by atoms with van der Waals surface area (Å²) in [5.41, 5.74) is 3.20. The van der Waals surface area contributed by atoms with Gasteiger partial charge in [0, 0.05) is 12.1 Å². The van der Waals surface area contributed by atoms with Gasteiger partial charge < -0.3 is 15.2 Å². The van der Waals surface area contributed by atoms with Crippen LogP contribution in [0.2, 0.25) is 0 Å². The molecule has 0 saturated carbocycles. The molecule has 0 saturated heterocycles. The molecule has 0 aliphatic rings.